The van der Waals surface area contributed by atoms with Crippen molar-refractivity contribution < 1.29 is 5.11 Å². The molecular weight excluding hydrogens is 124 g/mol. The summed E-state index contributed by atoms with van der Waals surface area (Å²) in [5.41, 5.74) is 0.314. The van der Waals surface area contributed by atoms with Crippen molar-refractivity contribution in [1.82, 2.24) is 0 Å². The van der Waals surface area contributed by atoms with Crippen LogP contribution in [0.3, 0.4) is 0 Å². The average molecular weight is 142 g/mol. The van der Waals surface area contributed by atoms with Crippen LogP contribution in [0.2, 0.25) is 0 Å². The third kappa shape index (κ3) is 1.07. The number of hydrogen-bond acceptors (Lipinski definition) is 1. The minimum absolute atomic E-state index is 0.0950. The lowest BCUT2D eigenvalue weighted by Gasteiger charge is -2.24. The standard InChI is InChI=1S/C9H18O/c1-4-7(2)9(5-6-9)8(3)10/h7-8,10H,4-6H2,1-3H3. The van der Waals surface area contributed by atoms with Crippen LogP contribution in [-0.4, -0.2) is 11.2 Å². The summed E-state index contributed by atoms with van der Waals surface area (Å²) in [6.07, 6.45) is 3.58. The number of aliphatic hydroxyl groups excluding tert-OH is 1. The summed E-state index contributed by atoms with van der Waals surface area (Å²) in [4.78, 5) is 0. The first-order valence-electron chi connectivity index (χ1n) is 4.31. The van der Waals surface area contributed by atoms with Gasteiger partial charge in [0.05, 0.1) is 6.10 Å². The second-order valence-corrected chi connectivity index (χ2v) is 3.72. The molecule has 60 valence electrons. The highest BCUT2D eigenvalue weighted by Gasteiger charge is 2.49. The highest BCUT2D eigenvalue weighted by Crippen LogP contribution is 2.55. The fraction of sp³-hybridized carbons (Fsp3) is 1.00. The first-order chi connectivity index (χ1) is 4.63. The fourth-order valence-corrected chi connectivity index (χ4v) is 1.87. The minimum Gasteiger partial charge on any atom is -0.393 e. The van der Waals surface area contributed by atoms with Gasteiger partial charge in [-0.3, -0.25) is 0 Å². The van der Waals surface area contributed by atoms with Crippen LogP contribution in [0.15, 0.2) is 0 Å². The zero-order valence-electron chi connectivity index (χ0n) is 7.22. The van der Waals surface area contributed by atoms with Gasteiger partial charge in [0, 0.05) is 0 Å². The summed E-state index contributed by atoms with van der Waals surface area (Å²) in [5.74, 6) is 0.701. The molecule has 1 N–H and O–H groups in total. The summed E-state index contributed by atoms with van der Waals surface area (Å²) in [6, 6.07) is 0. The summed E-state index contributed by atoms with van der Waals surface area (Å²) in [7, 11) is 0. The van der Waals surface area contributed by atoms with E-state index in [2.05, 4.69) is 13.8 Å². The Balaban J connectivity index is 2.51. The molecule has 2 atom stereocenters. The molecule has 0 aromatic carbocycles. The molecule has 1 nitrogen and oxygen atoms in total. The molecule has 0 heterocycles. The van der Waals surface area contributed by atoms with Crippen molar-refractivity contribution in [3.8, 4) is 0 Å². The third-order valence-electron chi connectivity index (χ3n) is 3.25. The summed E-state index contributed by atoms with van der Waals surface area (Å²) in [5, 5.41) is 9.44. The lowest BCUT2D eigenvalue weighted by Crippen LogP contribution is -2.25. The van der Waals surface area contributed by atoms with Crippen molar-refractivity contribution in [3.05, 3.63) is 0 Å². The molecule has 1 saturated carbocycles. The topological polar surface area (TPSA) is 20.2 Å². The molecular formula is C9H18O. The Morgan fingerprint density at radius 2 is 1.90 bits per heavy atom. The van der Waals surface area contributed by atoms with E-state index in [4.69, 9.17) is 0 Å². The number of hydrogen-bond donors (Lipinski definition) is 1. The van der Waals surface area contributed by atoms with E-state index in [9.17, 15) is 5.11 Å². The van der Waals surface area contributed by atoms with Gasteiger partial charge in [-0.2, -0.15) is 0 Å². The quantitative estimate of drug-likeness (QED) is 0.640. The van der Waals surface area contributed by atoms with Gasteiger partial charge in [-0.15, -0.1) is 0 Å². The second kappa shape index (κ2) is 2.54. The van der Waals surface area contributed by atoms with Crippen LogP contribution in [0.5, 0.6) is 0 Å². The van der Waals surface area contributed by atoms with Gasteiger partial charge in [-0.1, -0.05) is 20.3 Å². The van der Waals surface area contributed by atoms with E-state index in [-0.39, 0.29) is 6.10 Å². The summed E-state index contributed by atoms with van der Waals surface area (Å²) >= 11 is 0. The maximum absolute atomic E-state index is 9.44. The molecule has 0 bridgehead atoms. The summed E-state index contributed by atoms with van der Waals surface area (Å²) in [6.45, 7) is 6.38. The van der Waals surface area contributed by atoms with Crippen molar-refractivity contribution in [2.45, 2.75) is 46.1 Å². The first kappa shape index (κ1) is 8.06. The molecule has 0 aliphatic heterocycles. The Labute approximate surface area is 63.4 Å². The van der Waals surface area contributed by atoms with Gasteiger partial charge in [0.25, 0.3) is 0 Å². The molecule has 0 aromatic rings. The second-order valence-electron chi connectivity index (χ2n) is 3.72. The maximum atomic E-state index is 9.44. The largest absolute Gasteiger partial charge is 0.393 e. The molecule has 2 unspecified atom stereocenters. The molecule has 1 aliphatic carbocycles. The first-order valence-corrected chi connectivity index (χ1v) is 4.31. The predicted molar refractivity (Wildman–Crippen MR) is 42.8 cm³/mol. The highest BCUT2D eigenvalue weighted by molar-refractivity contribution is 5.00. The van der Waals surface area contributed by atoms with Crippen LogP contribution in [0, 0.1) is 11.3 Å². The van der Waals surface area contributed by atoms with E-state index in [1.807, 2.05) is 6.92 Å². The molecule has 1 aliphatic rings. The van der Waals surface area contributed by atoms with Crippen LogP contribution in [-0.2, 0) is 0 Å². The normalized spacial score (nSPS) is 27.6. The molecule has 1 rings (SSSR count). The van der Waals surface area contributed by atoms with Gasteiger partial charge in [0.15, 0.2) is 0 Å². The van der Waals surface area contributed by atoms with Crippen molar-refractivity contribution in [2.75, 3.05) is 0 Å². The van der Waals surface area contributed by atoms with E-state index < -0.39 is 0 Å². The average Bonchev–Trinajstić information content (AvgIpc) is 2.65. The van der Waals surface area contributed by atoms with Gasteiger partial charge >= 0.3 is 0 Å². The Morgan fingerprint density at radius 1 is 1.40 bits per heavy atom. The Morgan fingerprint density at radius 3 is 2.00 bits per heavy atom. The van der Waals surface area contributed by atoms with Crippen molar-refractivity contribution in [3.63, 3.8) is 0 Å². The van der Waals surface area contributed by atoms with E-state index in [1.165, 1.54) is 19.3 Å². The Hall–Kier alpha value is -0.0400. The van der Waals surface area contributed by atoms with Gasteiger partial charge in [0.2, 0.25) is 0 Å². The number of aliphatic hydroxyl groups is 1. The fourth-order valence-electron chi connectivity index (χ4n) is 1.87. The van der Waals surface area contributed by atoms with Gasteiger partial charge < -0.3 is 5.11 Å². The van der Waals surface area contributed by atoms with E-state index in [0.717, 1.165) is 0 Å². The molecule has 0 saturated heterocycles. The predicted octanol–water partition coefficient (Wildman–Crippen LogP) is 2.19. The lowest BCUT2D eigenvalue weighted by atomic mass is 9.84. The highest BCUT2D eigenvalue weighted by atomic mass is 16.3. The Bertz CT molecular complexity index is 114. The molecule has 1 fully saturated rings. The summed E-state index contributed by atoms with van der Waals surface area (Å²) < 4.78 is 0. The third-order valence-corrected chi connectivity index (χ3v) is 3.25. The monoisotopic (exact) mass is 142 g/mol. The van der Waals surface area contributed by atoms with Crippen LogP contribution in [0.1, 0.15) is 40.0 Å². The minimum atomic E-state index is -0.0950. The SMILES string of the molecule is CCC(C)C1(C(C)O)CC1. The number of rotatable bonds is 3. The van der Waals surface area contributed by atoms with Crippen molar-refractivity contribution in [2.24, 2.45) is 11.3 Å². The molecule has 0 radical (unpaired) electrons. The molecule has 0 spiro atoms. The van der Waals surface area contributed by atoms with Gasteiger partial charge in [0.1, 0.15) is 0 Å². The Kier molecular flexibility index (Phi) is 2.04. The smallest absolute Gasteiger partial charge is 0.0570 e. The zero-order valence-corrected chi connectivity index (χ0v) is 7.22. The van der Waals surface area contributed by atoms with Crippen molar-refractivity contribution >= 4 is 0 Å². The maximum Gasteiger partial charge on any atom is 0.0570 e. The zero-order chi connectivity index (χ0) is 7.78. The van der Waals surface area contributed by atoms with Crippen LogP contribution in [0.25, 0.3) is 0 Å². The van der Waals surface area contributed by atoms with Crippen LogP contribution in [0.4, 0.5) is 0 Å². The van der Waals surface area contributed by atoms with E-state index in [1.54, 1.807) is 0 Å². The molecule has 0 amide bonds. The van der Waals surface area contributed by atoms with Crippen molar-refractivity contribution in [1.29, 1.82) is 0 Å². The van der Waals surface area contributed by atoms with Crippen LogP contribution >= 0.6 is 0 Å². The van der Waals surface area contributed by atoms with Gasteiger partial charge in [-0.25, -0.2) is 0 Å². The van der Waals surface area contributed by atoms with Crippen LogP contribution < -0.4 is 0 Å². The molecule has 0 aromatic heterocycles. The van der Waals surface area contributed by atoms with E-state index in [0.29, 0.717) is 11.3 Å². The lowest BCUT2D eigenvalue weighted by molar-refractivity contribution is 0.0731. The van der Waals surface area contributed by atoms with E-state index >= 15 is 0 Å². The van der Waals surface area contributed by atoms with Gasteiger partial charge in [-0.05, 0) is 31.1 Å². The molecule has 1 heteroatoms. The molecule has 10 heavy (non-hydrogen) atoms.